The van der Waals surface area contributed by atoms with E-state index in [0.717, 1.165) is 4.88 Å². The zero-order chi connectivity index (χ0) is 20.0. The van der Waals surface area contributed by atoms with Crippen LogP contribution in [0, 0.1) is 0 Å². The highest BCUT2D eigenvalue weighted by Gasteiger charge is 2.40. The first kappa shape index (κ1) is 21.5. The number of thiophene rings is 1. The highest BCUT2D eigenvalue weighted by Crippen LogP contribution is 2.24. The molecule has 0 saturated heterocycles. The van der Waals surface area contributed by atoms with Gasteiger partial charge in [0.25, 0.3) is 0 Å². The van der Waals surface area contributed by atoms with Crippen molar-refractivity contribution in [1.82, 2.24) is 4.90 Å². The van der Waals surface area contributed by atoms with Gasteiger partial charge in [0.15, 0.2) is 0 Å². The number of nitrogens with zero attached hydrogens (tertiary/aromatic N) is 1. The predicted molar refractivity (Wildman–Crippen MR) is 96.9 cm³/mol. The Balaban J connectivity index is 1.88. The average molecular weight is 425 g/mol. The molecule has 0 fully saturated rings. The number of halogens is 5. The SMILES string of the molecule is CN(Cc1ccc(Cl)s1)C(=O)Nc1cccc(COCC(F)(F)C(F)F)c1. The van der Waals surface area contributed by atoms with Crippen molar-refractivity contribution in [2.24, 2.45) is 0 Å². The van der Waals surface area contributed by atoms with Crippen LogP contribution in [0.1, 0.15) is 10.4 Å². The maximum atomic E-state index is 12.8. The third-order valence-electron chi connectivity index (χ3n) is 3.43. The minimum absolute atomic E-state index is 0.282. The standard InChI is InChI=1S/C17H17ClF4N2O2S/c1-24(8-13-5-6-14(18)27-13)16(25)23-12-4-2-3-11(7-12)9-26-10-17(21,22)15(19)20/h2-7,15H,8-10H2,1H3,(H,23,25). The van der Waals surface area contributed by atoms with E-state index in [4.69, 9.17) is 11.6 Å². The zero-order valence-electron chi connectivity index (χ0n) is 14.2. The second kappa shape index (κ2) is 9.38. The van der Waals surface area contributed by atoms with Crippen LogP contribution >= 0.6 is 22.9 Å². The third kappa shape index (κ3) is 6.67. The molecule has 0 atom stereocenters. The summed E-state index contributed by atoms with van der Waals surface area (Å²) in [5, 5.41) is 2.67. The van der Waals surface area contributed by atoms with Gasteiger partial charge in [0.05, 0.1) is 17.5 Å². The Morgan fingerprint density at radius 2 is 2.07 bits per heavy atom. The van der Waals surface area contributed by atoms with Crippen LogP contribution in [-0.4, -0.2) is 36.9 Å². The van der Waals surface area contributed by atoms with Gasteiger partial charge in [0.2, 0.25) is 0 Å². The van der Waals surface area contributed by atoms with Gasteiger partial charge < -0.3 is 15.0 Å². The first-order valence-corrected chi connectivity index (χ1v) is 8.96. The summed E-state index contributed by atoms with van der Waals surface area (Å²) >= 11 is 7.22. The van der Waals surface area contributed by atoms with Gasteiger partial charge in [0.1, 0.15) is 6.61 Å². The molecule has 0 saturated carbocycles. The quantitative estimate of drug-likeness (QED) is 0.570. The van der Waals surface area contributed by atoms with E-state index in [1.807, 2.05) is 6.07 Å². The summed E-state index contributed by atoms with van der Waals surface area (Å²) in [5.41, 5.74) is 0.892. The van der Waals surface area contributed by atoms with Gasteiger partial charge in [0, 0.05) is 17.6 Å². The van der Waals surface area contributed by atoms with Crippen molar-refractivity contribution in [3.8, 4) is 0 Å². The van der Waals surface area contributed by atoms with Gasteiger partial charge in [-0.1, -0.05) is 23.7 Å². The van der Waals surface area contributed by atoms with E-state index >= 15 is 0 Å². The normalized spacial score (nSPS) is 11.7. The molecule has 148 valence electrons. The van der Waals surface area contributed by atoms with E-state index < -0.39 is 19.0 Å². The number of carbonyl (C=O) groups is 1. The molecule has 1 aromatic heterocycles. The molecular weight excluding hydrogens is 408 g/mol. The minimum atomic E-state index is -4.20. The number of anilines is 1. The molecule has 1 heterocycles. The molecule has 0 bridgehead atoms. The summed E-state index contributed by atoms with van der Waals surface area (Å²) in [5.74, 6) is -4.20. The van der Waals surface area contributed by atoms with Gasteiger partial charge in [-0.3, -0.25) is 0 Å². The molecule has 27 heavy (non-hydrogen) atoms. The molecule has 0 aliphatic heterocycles. The maximum Gasteiger partial charge on any atom is 0.330 e. The van der Waals surface area contributed by atoms with Crippen molar-refractivity contribution in [2.75, 3.05) is 19.0 Å². The van der Waals surface area contributed by atoms with Crippen molar-refractivity contribution in [2.45, 2.75) is 25.5 Å². The number of alkyl halides is 4. The van der Waals surface area contributed by atoms with Crippen molar-refractivity contribution >= 4 is 34.7 Å². The number of hydrogen-bond acceptors (Lipinski definition) is 3. The van der Waals surface area contributed by atoms with Gasteiger partial charge >= 0.3 is 18.4 Å². The Hall–Kier alpha value is -1.84. The van der Waals surface area contributed by atoms with Crippen LogP contribution in [0.3, 0.4) is 0 Å². The fourth-order valence-electron chi connectivity index (χ4n) is 2.07. The average Bonchev–Trinajstić information content (AvgIpc) is 2.99. The van der Waals surface area contributed by atoms with E-state index in [1.54, 1.807) is 31.3 Å². The lowest BCUT2D eigenvalue weighted by Gasteiger charge is -2.18. The lowest BCUT2D eigenvalue weighted by molar-refractivity contribution is -0.168. The van der Waals surface area contributed by atoms with Crippen molar-refractivity contribution < 1.29 is 27.1 Å². The second-order valence-electron chi connectivity index (χ2n) is 5.75. The van der Waals surface area contributed by atoms with Crippen molar-refractivity contribution in [3.05, 3.63) is 51.2 Å². The molecule has 2 rings (SSSR count). The number of nitrogens with one attached hydrogen (secondary N) is 1. The summed E-state index contributed by atoms with van der Waals surface area (Å²) < 4.78 is 55.1. The maximum absolute atomic E-state index is 12.8. The summed E-state index contributed by atoms with van der Waals surface area (Å²) in [4.78, 5) is 14.6. The molecule has 0 unspecified atom stereocenters. The van der Waals surface area contributed by atoms with Gasteiger partial charge in [-0.2, -0.15) is 8.78 Å². The molecule has 2 amide bonds. The highest BCUT2D eigenvalue weighted by molar-refractivity contribution is 7.16. The Morgan fingerprint density at radius 1 is 1.33 bits per heavy atom. The fraction of sp³-hybridized carbons (Fsp3) is 0.353. The number of carbonyl (C=O) groups excluding carboxylic acids is 1. The van der Waals surface area contributed by atoms with Crippen LogP contribution in [0.5, 0.6) is 0 Å². The molecule has 0 spiro atoms. The Kier molecular flexibility index (Phi) is 7.46. The van der Waals surface area contributed by atoms with E-state index in [0.29, 0.717) is 22.1 Å². The number of amides is 2. The largest absolute Gasteiger partial charge is 0.370 e. The summed E-state index contributed by atoms with van der Waals surface area (Å²) in [6.07, 6.45) is -3.78. The lowest BCUT2D eigenvalue weighted by atomic mass is 10.2. The fourth-order valence-corrected chi connectivity index (χ4v) is 3.21. The van der Waals surface area contributed by atoms with Crippen LogP contribution in [-0.2, 0) is 17.9 Å². The van der Waals surface area contributed by atoms with Crippen LogP contribution in [0.4, 0.5) is 28.0 Å². The molecule has 0 aliphatic carbocycles. The van der Waals surface area contributed by atoms with E-state index in [-0.39, 0.29) is 12.6 Å². The van der Waals surface area contributed by atoms with Gasteiger partial charge in [-0.15, -0.1) is 11.3 Å². The first-order chi connectivity index (χ1) is 12.7. The van der Waals surface area contributed by atoms with E-state index in [2.05, 4.69) is 10.1 Å². The van der Waals surface area contributed by atoms with Crippen LogP contribution < -0.4 is 5.32 Å². The second-order valence-corrected chi connectivity index (χ2v) is 7.55. The first-order valence-electron chi connectivity index (χ1n) is 7.76. The number of benzene rings is 1. The van der Waals surface area contributed by atoms with Gasteiger partial charge in [-0.05, 0) is 29.8 Å². The number of hydrogen-bond donors (Lipinski definition) is 1. The number of ether oxygens (including phenoxy) is 1. The molecule has 2 aromatic rings. The molecule has 0 aliphatic rings. The predicted octanol–water partition coefficient (Wildman–Crippen LogP) is 5.48. The Bertz CT molecular complexity index is 773. The minimum Gasteiger partial charge on any atom is -0.370 e. The molecular formula is C17H17ClF4N2O2S. The lowest BCUT2D eigenvalue weighted by Crippen LogP contribution is -2.32. The van der Waals surface area contributed by atoms with E-state index in [1.165, 1.54) is 22.3 Å². The van der Waals surface area contributed by atoms with Gasteiger partial charge in [-0.25, -0.2) is 13.6 Å². The molecule has 0 radical (unpaired) electrons. The van der Waals surface area contributed by atoms with Crippen LogP contribution in [0.25, 0.3) is 0 Å². The van der Waals surface area contributed by atoms with Crippen LogP contribution in [0.2, 0.25) is 4.34 Å². The molecule has 4 nitrogen and oxygen atoms in total. The van der Waals surface area contributed by atoms with E-state index in [9.17, 15) is 22.4 Å². The smallest absolute Gasteiger partial charge is 0.330 e. The zero-order valence-corrected chi connectivity index (χ0v) is 15.8. The topological polar surface area (TPSA) is 41.6 Å². The Labute approximate surface area is 162 Å². The van der Waals surface area contributed by atoms with Crippen LogP contribution in [0.15, 0.2) is 36.4 Å². The Morgan fingerprint density at radius 3 is 2.70 bits per heavy atom. The summed E-state index contributed by atoms with van der Waals surface area (Å²) in [6, 6.07) is 9.51. The third-order valence-corrected chi connectivity index (χ3v) is 4.65. The number of urea groups is 1. The molecule has 1 aromatic carbocycles. The molecule has 1 N–H and O–H groups in total. The summed E-state index contributed by atoms with van der Waals surface area (Å²) in [7, 11) is 1.61. The monoisotopic (exact) mass is 424 g/mol. The number of rotatable bonds is 8. The summed E-state index contributed by atoms with van der Waals surface area (Å²) in [6.45, 7) is -1.29. The molecule has 10 heteroatoms. The van der Waals surface area contributed by atoms with Crippen molar-refractivity contribution in [1.29, 1.82) is 0 Å². The highest BCUT2D eigenvalue weighted by atomic mass is 35.5. The van der Waals surface area contributed by atoms with Crippen molar-refractivity contribution in [3.63, 3.8) is 0 Å².